The van der Waals surface area contributed by atoms with Gasteiger partial charge in [0.15, 0.2) is 4.77 Å². The van der Waals surface area contributed by atoms with Gasteiger partial charge in [0.2, 0.25) is 5.88 Å². The molecule has 2 rings (SSSR count). The summed E-state index contributed by atoms with van der Waals surface area (Å²) in [6.45, 7) is 0. The molecular formula is C9H9N3OS. The molecule has 1 heterocycles. The number of nitrogens with one attached hydrogen (secondary N) is 2. The third-order valence-electron chi connectivity index (χ3n) is 1.73. The highest BCUT2D eigenvalue weighted by molar-refractivity contribution is 7.71. The van der Waals surface area contributed by atoms with E-state index in [1.165, 1.54) is 6.20 Å². The van der Waals surface area contributed by atoms with E-state index in [0.717, 1.165) is 5.69 Å². The first kappa shape index (κ1) is 8.83. The number of para-hydroxylation sites is 1. The number of nitrogens with zero attached hydrogens (tertiary/aromatic N) is 1. The molecule has 0 bridgehead atoms. The highest BCUT2D eigenvalue weighted by Crippen LogP contribution is 2.09. The lowest BCUT2D eigenvalue weighted by atomic mass is 10.3. The van der Waals surface area contributed by atoms with E-state index in [2.05, 4.69) is 10.4 Å². The summed E-state index contributed by atoms with van der Waals surface area (Å²) >= 11 is 4.96. The first-order chi connectivity index (χ1) is 6.75. The van der Waals surface area contributed by atoms with Crippen molar-refractivity contribution in [2.75, 3.05) is 5.43 Å². The standard InChI is InChI=1S/C9H9N3OS/c13-8-6-12(9(14)10-8)11-7-4-2-1-3-5-7/h1-6,11,13H,(H,10,14). The molecule has 0 fully saturated rings. The van der Waals surface area contributed by atoms with E-state index in [0.29, 0.717) is 4.77 Å². The summed E-state index contributed by atoms with van der Waals surface area (Å²) < 4.78 is 1.96. The molecule has 0 saturated carbocycles. The molecule has 5 heteroatoms. The molecule has 14 heavy (non-hydrogen) atoms. The van der Waals surface area contributed by atoms with E-state index in [-0.39, 0.29) is 5.88 Å². The summed E-state index contributed by atoms with van der Waals surface area (Å²) in [6, 6.07) is 9.58. The van der Waals surface area contributed by atoms with Crippen LogP contribution in [0.5, 0.6) is 5.88 Å². The van der Waals surface area contributed by atoms with Crippen molar-refractivity contribution in [2.45, 2.75) is 0 Å². The number of hydrogen-bond acceptors (Lipinski definition) is 3. The fourth-order valence-electron chi connectivity index (χ4n) is 1.12. The molecule has 0 aliphatic carbocycles. The normalized spacial score (nSPS) is 10.0. The number of rotatable bonds is 2. The van der Waals surface area contributed by atoms with Crippen LogP contribution < -0.4 is 5.43 Å². The number of benzene rings is 1. The molecular weight excluding hydrogens is 198 g/mol. The van der Waals surface area contributed by atoms with Crippen LogP contribution in [0.1, 0.15) is 0 Å². The fourth-order valence-corrected chi connectivity index (χ4v) is 1.32. The van der Waals surface area contributed by atoms with Gasteiger partial charge in [0.05, 0.1) is 11.9 Å². The van der Waals surface area contributed by atoms with Gasteiger partial charge in [-0.1, -0.05) is 18.2 Å². The van der Waals surface area contributed by atoms with E-state index < -0.39 is 0 Å². The number of anilines is 1. The predicted molar refractivity (Wildman–Crippen MR) is 56.7 cm³/mol. The molecule has 0 saturated heterocycles. The van der Waals surface area contributed by atoms with Gasteiger partial charge < -0.3 is 10.1 Å². The van der Waals surface area contributed by atoms with Gasteiger partial charge in [-0.2, -0.15) is 0 Å². The third kappa shape index (κ3) is 1.77. The smallest absolute Gasteiger partial charge is 0.209 e. The van der Waals surface area contributed by atoms with E-state index in [1.54, 1.807) is 4.68 Å². The van der Waals surface area contributed by atoms with Gasteiger partial charge in [-0.25, -0.2) is 4.68 Å². The Kier molecular flexibility index (Phi) is 2.24. The molecule has 0 amide bonds. The highest BCUT2D eigenvalue weighted by atomic mass is 32.1. The van der Waals surface area contributed by atoms with Gasteiger partial charge in [0, 0.05) is 0 Å². The maximum Gasteiger partial charge on any atom is 0.209 e. The topological polar surface area (TPSA) is 53.0 Å². The van der Waals surface area contributed by atoms with Crippen molar-refractivity contribution in [3.8, 4) is 5.88 Å². The van der Waals surface area contributed by atoms with Gasteiger partial charge in [0.1, 0.15) is 0 Å². The summed E-state index contributed by atoms with van der Waals surface area (Å²) in [5, 5.41) is 9.13. The lowest BCUT2D eigenvalue weighted by molar-refractivity contribution is 0.456. The number of H-pyrrole nitrogens is 1. The van der Waals surface area contributed by atoms with Crippen molar-refractivity contribution in [3.05, 3.63) is 41.3 Å². The zero-order valence-electron chi connectivity index (χ0n) is 7.27. The van der Waals surface area contributed by atoms with Crippen LogP contribution in [0, 0.1) is 4.77 Å². The number of aromatic amines is 1. The number of hydrogen-bond donors (Lipinski definition) is 3. The van der Waals surface area contributed by atoms with Crippen LogP contribution in [0.3, 0.4) is 0 Å². The Hall–Kier alpha value is -1.75. The van der Waals surface area contributed by atoms with Crippen molar-refractivity contribution in [2.24, 2.45) is 0 Å². The van der Waals surface area contributed by atoms with Crippen LogP contribution in [-0.4, -0.2) is 14.8 Å². The minimum atomic E-state index is 0.0402. The Bertz CT molecular complexity index is 474. The zero-order valence-corrected chi connectivity index (χ0v) is 8.08. The first-order valence-corrected chi connectivity index (χ1v) is 4.49. The molecule has 2 aromatic rings. The van der Waals surface area contributed by atoms with E-state index >= 15 is 0 Å². The number of imidazole rings is 1. The molecule has 0 spiro atoms. The summed E-state index contributed by atoms with van der Waals surface area (Å²) in [6.07, 6.45) is 1.48. The Morgan fingerprint density at radius 1 is 1.29 bits per heavy atom. The van der Waals surface area contributed by atoms with Crippen LogP contribution in [0.2, 0.25) is 0 Å². The Balaban J connectivity index is 2.28. The number of aromatic nitrogens is 2. The van der Waals surface area contributed by atoms with Crippen LogP contribution in [0.15, 0.2) is 36.5 Å². The van der Waals surface area contributed by atoms with Crippen LogP contribution >= 0.6 is 12.2 Å². The average molecular weight is 207 g/mol. The maximum atomic E-state index is 9.13. The average Bonchev–Trinajstić information content (AvgIpc) is 2.47. The van der Waals surface area contributed by atoms with E-state index in [1.807, 2.05) is 30.3 Å². The van der Waals surface area contributed by atoms with E-state index in [4.69, 9.17) is 17.3 Å². The molecule has 0 aliphatic heterocycles. The van der Waals surface area contributed by atoms with Crippen molar-refractivity contribution < 1.29 is 5.11 Å². The van der Waals surface area contributed by atoms with Gasteiger partial charge in [-0.05, 0) is 24.4 Å². The second kappa shape index (κ2) is 3.55. The molecule has 4 nitrogen and oxygen atoms in total. The van der Waals surface area contributed by atoms with E-state index in [9.17, 15) is 0 Å². The molecule has 3 N–H and O–H groups in total. The molecule has 0 unspecified atom stereocenters. The SMILES string of the molecule is Oc1cn(Nc2ccccc2)c(=S)[nH]1. The Labute approximate surface area is 85.8 Å². The molecule has 1 aromatic carbocycles. The van der Waals surface area contributed by atoms with Crippen molar-refractivity contribution in [1.82, 2.24) is 9.66 Å². The lowest BCUT2D eigenvalue weighted by Gasteiger charge is -2.05. The van der Waals surface area contributed by atoms with Gasteiger partial charge in [-0.15, -0.1) is 0 Å². The minimum Gasteiger partial charge on any atom is -0.493 e. The second-order valence-corrected chi connectivity index (χ2v) is 3.18. The van der Waals surface area contributed by atoms with Gasteiger partial charge in [0.25, 0.3) is 0 Å². The van der Waals surface area contributed by atoms with Crippen molar-refractivity contribution >= 4 is 17.9 Å². The summed E-state index contributed by atoms with van der Waals surface area (Å²) in [7, 11) is 0. The fraction of sp³-hybridized carbons (Fsp3) is 0. The molecule has 0 atom stereocenters. The predicted octanol–water partition coefficient (Wildman–Crippen LogP) is 2.13. The largest absolute Gasteiger partial charge is 0.493 e. The number of aromatic hydroxyl groups is 1. The molecule has 1 aromatic heterocycles. The molecule has 72 valence electrons. The quantitative estimate of drug-likeness (QED) is 0.661. The molecule has 0 radical (unpaired) electrons. The lowest BCUT2D eigenvalue weighted by Crippen LogP contribution is -2.06. The van der Waals surface area contributed by atoms with Crippen molar-refractivity contribution in [1.29, 1.82) is 0 Å². The summed E-state index contributed by atoms with van der Waals surface area (Å²) in [5.41, 5.74) is 3.92. The highest BCUT2D eigenvalue weighted by Gasteiger charge is 1.97. The van der Waals surface area contributed by atoms with Crippen LogP contribution in [0.4, 0.5) is 5.69 Å². The van der Waals surface area contributed by atoms with Crippen molar-refractivity contribution in [3.63, 3.8) is 0 Å². The van der Waals surface area contributed by atoms with Crippen LogP contribution in [-0.2, 0) is 0 Å². The first-order valence-electron chi connectivity index (χ1n) is 4.08. The minimum absolute atomic E-state index is 0.0402. The maximum absolute atomic E-state index is 9.13. The summed E-state index contributed by atoms with van der Waals surface area (Å²) in [5.74, 6) is 0.0402. The van der Waals surface area contributed by atoms with Crippen LogP contribution in [0.25, 0.3) is 0 Å². The Morgan fingerprint density at radius 2 is 2.00 bits per heavy atom. The summed E-state index contributed by atoms with van der Waals surface area (Å²) in [4.78, 5) is 2.60. The zero-order chi connectivity index (χ0) is 9.97. The third-order valence-corrected chi connectivity index (χ3v) is 2.03. The monoisotopic (exact) mass is 207 g/mol. The second-order valence-electron chi connectivity index (χ2n) is 2.79. The molecule has 0 aliphatic rings. The van der Waals surface area contributed by atoms with Gasteiger partial charge in [-0.3, -0.25) is 5.43 Å². The van der Waals surface area contributed by atoms with Gasteiger partial charge >= 0.3 is 0 Å². The Morgan fingerprint density at radius 3 is 2.57 bits per heavy atom.